The van der Waals surface area contributed by atoms with Crippen LogP contribution in [0.2, 0.25) is 0 Å². The second kappa shape index (κ2) is 9.31. The number of aromatic nitrogens is 3. The predicted molar refractivity (Wildman–Crippen MR) is 114 cm³/mol. The second-order valence-corrected chi connectivity index (χ2v) is 7.27. The number of nitrogens with zero attached hydrogens (tertiary/aromatic N) is 4. The van der Waals surface area contributed by atoms with Gasteiger partial charge in [-0.15, -0.1) is 13.2 Å². The molecule has 1 fully saturated rings. The molecule has 0 radical (unpaired) electrons. The number of carbonyl (C=O) groups is 1. The summed E-state index contributed by atoms with van der Waals surface area (Å²) in [4.78, 5) is 27.8. The monoisotopic (exact) mass is 459 g/mol. The van der Waals surface area contributed by atoms with Crippen molar-refractivity contribution in [1.29, 1.82) is 0 Å². The van der Waals surface area contributed by atoms with Crippen LogP contribution in [0.1, 0.15) is 23.2 Å². The number of hydrogen-bond donors (Lipinski definition) is 1. The third-order valence-corrected chi connectivity index (χ3v) is 5.00. The molecule has 1 saturated heterocycles. The molecular weight excluding hydrogens is 439 g/mol. The van der Waals surface area contributed by atoms with Crippen LogP contribution in [0.15, 0.2) is 48.9 Å². The molecule has 33 heavy (non-hydrogen) atoms. The van der Waals surface area contributed by atoms with Crippen molar-refractivity contribution in [3.8, 4) is 22.9 Å². The molecular formula is C22H20F3N5O3. The standard InChI is InChI=1S/C22H20F3N5O3/c1-32-21-27-12-15(13-28-21)18-10-14(11-26-19(18)30-8-2-3-9-30)20(31)29-16-4-6-17(7-5-16)33-22(23,24)25/h4-7,10-13H,2-3,8-9H2,1H3,(H,29,31). The highest BCUT2D eigenvalue weighted by atomic mass is 19.4. The Bertz CT molecular complexity index is 1120. The highest BCUT2D eigenvalue weighted by molar-refractivity contribution is 6.05. The fourth-order valence-corrected chi connectivity index (χ4v) is 3.48. The highest BCUT2D eigenvalue weighted by Crippen LogP contribution is 2.32. The Kier molecular flexibility index (Phi) is 6.29. The van der Waals surface area contributed by atoms with Crippen molar-refractivity contribution in [1.82, 2.24) is 15.0 Å². The fraction of sp³-hybridized carbons (Fsp3) is 0.273. The van der Waals surface area contributed by atoms with E-state index >= 15 is 0 Å². The smallest absolute Gasteiger partial charge is 0.467 e. The maximum Gasteiger partial charge on any atom is 0.573 e. The van der Waals surface area contributed by atoms with Gasteiger partial charge >= 0.3 is 12.4 Å². The van der Waals surface area contributed by atoms with E-state index in [4.69, 9.17) is 4.74 Å². The molecule has 0 aliphatic carbocycles. The Balaban J connectivity index is 1.58. The molecule has 0 unspecified atom stereocenters. The lowest BCUT2D eigenvalue weighted by Crippen LogP contribution is -2.21. The van der Waals surface area contributed by atoms with Crippen LogP contribution in [0, 0.1) is 0 Å². The summed E-state index contributed by atoms with van der Waals surface area (Å²) in [5, 5.41) is 2.65. The van der Waals surface area contributed by atoms with E-state index in [2.05, 4.69) is 29.9 Å². The first kappa shape index (κ1) is 22.3. The van der Waals surface area contributed by atoms with Gasteiger partial charge in [0.1, 0.15) is 11.6 Å². The molecule has 2 aromatic heterocycles. The number of halogens is 3. The second-order valence-electron chi connectivity index (χ2n) is 7.27. The average Bonchev–Trinajstić information content (AvgIpc) is 3.34. The minimum Gasteiger partial charge on any atom is -0.467 e. The first-order valence-electron chi connectivity index (χ1n) is 10.1. The third kappa shape index (κ3) is 5.48. The molecule has 4 rings (SSSR count). The Morgan fingerprint density at radius 3 is 2.30 bits per heavy atom. The van der Waals surface area contributed by atoms with Crippen LogP contribution in [0.25, 0.3) is 11.1 Å². The molecule has 0 bridgehead atoms. The molecule has 8 nitrogen and oxygen atoms in total. The summed E-state index contributed by atoms with van der Waals surface area (Å²) in [7, 11) is 1.47. The molecule has 1 aromatic carbocycles. The van der Waals surface area contributed by atoms with E-state index in [1.54, 1.807) is 18.5 Å². The van der Waals surface area contributed by atoms with Crippen LogP contribution >= 0.6 is 0 Å². The van der Waals surface area contributed by atoms with Gasteiger partial charge in [0, 0.05) is 48.5 Å². The maximum atomic E-state index is 12.8. The summed E-state index contributed by atoms with van der Waals surface area (Å²) in [5.74, 6) is -0.110. The zero-order valence-electron chi connectivity index (χ0n) is 17.6. The fourth-order valence-electron chi connectivity index (χ4n) is 3.48. The summed E-state index contributed by atoms with van der Waals surface area (Å²) in [6.45, 7) is 1.71. The number of pyridine rings is 1. The summed E-state index contributed by atoms with van der Waals surface area (Å²) >= 11 is 0. The summed E-state index contributed by atoms with van der Waals surface area (Å²) in [5.41, 5.74) is 1.96. The Labute approximate surface area is 187 Å². The van der Waals surface area contributed by atoms with E-state index < -0.39 is 12.3 Å². The molecule has 3 heterocycles. The zero-order chi connectivity index (χ0) is 23.4. The summed E-state index contributed by atoms with van der Waals surface area (Å²) in [6, 6.07) is 6.81. The van der Waals surface area contributed by atoms with E-state index in [0.717, 1.165) is 43.9 Å². The van der Waals surface area contributed by atoms with Crippen LogP contribution in [-0.4, -0.2) is 47.4 Å². The van der Waals surface area contributed by atoms with E-state index in [9.17, 15) is 18.0 Å². The lowest BCUT2D eigenvalue weighted by molar-refractivity contribution is -0.274. The first-order valence-corrected chi connectivity index (χ1v) is 10.1. The number of benzene rings is 1. The number of anilines is 2. The van der Waals surface area contributed by atoms with Crippen molar-refractivity contribution < 1.29 is 27.4 Å². The van der Waals surface area contributed by atoms with Crippen molar-refractivity contribution >= 4 is 17.4 Å². The minimum atomic E-state index is -4.78. The topological polar surface area (TPSA) is 89.5 Å². The Hall–Kier alpha value is -3.89. The lowest BCUT2D eigenvalue weighted by atomic mass is 10.1. The van der Waals surface area contributed by atoms with Crippen molar-refractivity contribution in [3.05, 3.63) is 54.5 Å². The van der Waals surface area contributed by atoms with Crippen LogP contribution in [0.5, 0.6) is 11.8 Å². The molecule has 11 heteroatoms. The van der Waals surface area contributed by atoms with Gasteiger partial charge in [0.25, 0.3) is 5.91 Å². The van der Waals surface area contributed by atoms with Gasteiger partial charge in [-0.05, 0) is 43.2 Å². The van der Waals surface area contributed by atoms with E-state index in [-0.39, 0.29) is 17.3 Å². The normalized spacial score (nSPS) is 13.6. The summed E-state index contributed by atoms with van der Waals surface area (Å²) < 4.78 is 45.8. The molecule has 1 aliphatic rings. The molecule has 1 amide bonds. The number of hydrogen-bond acceptors (Lipinski definition) is 7. The number of nitrogens with one attached hydrogen (secondary N) is 1. The van der Waals surface area contributed by atoms with Crippen molar-refractivity contribution in [2.75, 3.05) is 30.4 Å². The van der Waals surface area contributed by atoms with Gasteiger partial charge in [0.15, 0.2) is 0 Å². The van der Waals surface area contributed by atoms with Crippen LogP contribution < -0.4 is 19.7 Å². The minimum absolute atomic E-state index is 0.223. The number of carbonyl (C=O) groups excluding carboxylic acids is 1. The van der Waals surface area contributed by atoms with Gasteiger partial charge in [0.05, 0.1) is 12.7 Å². The first-order chi connectivity index (χ1) is 15.8. The SMILES string of the molecule is COc1ncc(-c2cc(C(=O)Nc3ccc(OC(F)(F)F)cc3)cnc2N2CCCC2)cn1. The van der Waals surface area contributed by atoms with Gasteiger partial charge in [0.2, 0.25) is 0 Å². The lowest BCUT2D eigenvalue weighted by Gasteiger charge is -2.20. The zero-order valence-corrected chi connectivity index (χ0v) is 17.6. The largest absolute Gasteiger partial charge is 0.573 e. The van der Waals surface area contributed by atoms with Crippen molar-refractivity contribution in [3.63, 3.8) is 0 Å². The van der Waals surface area contributed by atoms with E-state index in [1.807, 2.05) is 0 Å². The van der Waals surface area contributed by atoms with Gasteiger partial charge in [-0.25, -0.2) is 15.0 Å². The molecule has 1 N–H and O–H groups in total. The van der Waals surface area contributed by atoms with Gasteiger partial charge in [-0.3, -0.25) is 4.79 Å². The van der Waals surface area contributed by atoms with E-state index in [0.29, 0.717) is 16.8 Å². The Morgan fingerprint density at radius 1 is 1.03 bits per heavy atom. The van der Waals surface area contributed by atoms with Crippen LogP contribution in [0.3, 0.4) is 0 Å². The summed E-state index contributed by atoms with van der Waals surface area (Å²) in [6.07, 6.45) is 1.99. The van der Waals surface area contributed by atoms with Gasteiger partial charge in [-0.1, -0.05) is 0 Å². The number of ether oxygens (including phenoxy) is 2. The third-order valence-electron chi connectivity index (χ3n) is 5.00. The molecule has 172 valence electrons. The van der Waals surface area contributed by atoms with E-state index in [1.165, 1.54) is 25.4 Å². The number of alkyl halides is 3. The molecule has 0 atom stereocenters. The quantitative estimate of drug-likeness (QED) is 0.588. The Morgan fingerprint density at radius 2 is 1.70 bits per heavy atom. The van der Waals surface area contributed by atoms with Gasteiger partial charge in [-0.2, -0.15) is 0 Å². The van der Waals surface area contributed by atoms with Crippen LogP contribution in [-0.2, 0) is 0 Å². The molecule has 0 saturated carbocycles. The van der Waals surface area contributed by atoms with Gasteiger partial charge < -0.3 is 19.7 Å². The van der Waals surface area contributed by atoms with Crippen LogP contribution in [0.4, 0.5) is 24.7 Å². The number of amides is 1. The average molecular weight is 459 g/mol. The molecule has 3 aromatic rings. The predicted octanol–water partition coefficient (Wildman–Crippen LogP) is 4.30. The maximum absolute atomic E-state index is 12.8. The molecule has 0 spiro atoms. The number of methoxy groups -OCH3 is 1. The molecule has 1 aliphatic heterocycles. The van der Waals surface area contributed by atoms with Crippen molar-refractivity contribution in [2.45, 2.75) is 19.2 Å². The highest BCUT2D eigenvalue weighted by Gasteiger charge is 2.31. The van der Waals surface area contributed by atoms with Crippen molar-refractivity contribution in [2.24, 2.45) is 0 Å². The number of rotatable bonds is 6.